The standard InChI is InChI=1S/C18H15N3O4/c1-11-8-18(23)25-16-9-12(6-7-13(11)16)24-10-17(22)21-19-14-4-2-3-5-15(14)20-21/h2-9,17,22H,10H2,1H3/p+1. The van der Waals surface area contributed by atoms with Gasteiger partial charge in [-0.3, -0.25) is 0 Å². The number of fused-ring (bicyclic) bond motifs is 2. The number of aliphatic hydroxyl groups is 1. The average molecular weight is 338 g/mol. The van der Waals surface area contributed by atoms with Crippen LogP contribution in [0.2, 0.25) is 0 Å². The second-order valence-corrected chi connectivity index (χ2v) is 5.77. The van der Waals surface area contributed by atoms with Gasteiger partial charge in [-0.2, -0.15) is 5.10 Å². The summed E-state index contributed by atoms with van der Waals surface area (Å²) in [6.45, 7) is 1.84. The second-order valence-electron chi connectivity index (χ2n) is 5.77. The Hall–Kier alpha value is -3.19. The van der Waals surface area contributed by atoms with Gasteiger partial charge >= 0.3 is 5.63 Å². The van der Waals surface area contributed by atoms with Crippen molar-refractivity contribution in [3.8, 4) is 5.75 Å². The molecule has 0 aliphatic carbocycles. The molecule has 0 amide bonds. The lowest BCUT2D eigenvalue weighted by Gasteiger charge is -2.09. The van der Waals surface area contributed by atoms with Crippen LogP contribution in [-0.4, -0.2) is 21.6 Å². The Morgan fingerprint density at radius 2 is 2.12 bits per heavy atom. The summed E-state index contributed by atoms with van der Waals surface area (Å²) in [6.07, 6.45) is -0.979. The molecule has 7 heteroatoms. The highest BCUT2D eigenvalue weighted by atomic mass is 16.5. The maximum Gasteiger partial charge on any atom is 0.336 e. The minimum absolute atomic E-state index is 0.00789. The Balaban J connectivity index is 1.54. The van der Waals surface area contributed by atoms with E-state index in [1.165, 1.54) is 10.9 Å². The number of hydrogen-bond acceptors (Lipinski definition) is 5. The fourth-order valence-corrected chi connectivity index (χ4v) is 2.70. The van der Waals surface area contributed by atoms with E-state index in [0.29, 0.717) is 11.3 Å². The predicted octanol–water partition coefficient (Wildman–Crippen LogP) is 1.84. The molecule has 0 aliphatic rings. The Bertz CT molecular complexity index is 1080. The van der Waals surface area contributed by atoms with Gasteiger partial charge in [0.25, 0.3) is 0 Å². The molecule has 2 aromatic carbocycles. The molecule has 25 heavy (non-hydrogen) atoms. The predicted molar refractivity (Wildman–Crippen MR) is 90.3 cm³/mol. The van der Waals surface area contributed by atoms with Crippen LogP contribution in [0.25, 0.3) is 22.0 Å². The van der Waals surface area contributed by atoms with Gasteiger partial charge in [0, 0.05) is 17.5 Å². The first-order chi connectivity index (χ1) is 12.1. The Labute approximate surface area is 142 Å². The SMILES string of the molecule is Cc1cc(=O)oc2cc(OCC(O)n3nc4ccccc4[nH+]3)ccc12. The van der Waals surface area contributed by atoms with Crippen molar-refractivity contribution in [1.29, 1.82) is 0 Å². The fourth-order valence-electron chi connectivity index (χ4n) is 2.70. The number of aromatic nitrogens is 3. The van der Waals surface area contributed by atoms with Crippen molar-refractivity contribution in [1.82, 2.24) is 9.90 Å². The molecule has 0 fully saturated rings. The maximum absolute atomic E-state index is 11.5. The number of hydrogen-bond donors (Lipinski definition) is 1. The number of nitrogens with zero attached hydrogens (tertiary/aromatic N) is 2. The molecule has 0 aliphatic heterocycles. The molecule has 1 unspecified atom stereocenters. The highest BCUT2D eigenvalue weighted by Gasteiger charge is 2.18. The van der Waals surface area contributed by atoms with Crippen LogP contribution >= 0.6 is 0 Å². The van der Waals surface area contributed by atoms with Crippen molar-refractivity contribution < 1.29 is 19.4 Å². The number of ether oxygens (including phenoxy) is 1. The van der Waals surface area contributed by atoms with Crippen LogP contribution in [0.15, 0.2) is 57.7 Å². The van der Waals surface area contributed by atoms with Crippen LogP contribution in [0.5, 0.6) is 5.75 Å². The number of aliphatic hydroxyl groups excluding tert-OH is 1. The van der Waals surface area contributed by atoms with Gasteiger partial charge in [0.15, 0.2) is 5.52 Å². The summed E-state index contributed by atoms with van der Waals surface area (Å²) in [5.41, 5.74) is 2.47. The van der Waals surface area contributed by atoms with Gasteiger partial charge in [-0.1, -0.05) is 12.1 Å². The number of para-hydroxylation sites is 1. The Morgan fingerprint density at radius 3 is 2.96 bits per heavy atom. The van der Waals surface area contributed by atoms with Crippen molar-refractivity contribution >= 4 is 22.0 Å². The molecule has 0 saturated carbocycles. The highest BCUT2D eigenvalue weighted by Crippen LogP contribution is 2.22. The van der Waals surface area contributed by atoms with E-state index >= 15 is 0 Å². The van der Waals surface area contributed by atoms with E-state index in [1.807, 2.05) is 37.3 Å². The van der Waals surface area contributed by atoms with Crippen LogP contribution in [-0.2, 0) is 0 Å². The van der Waals surface area contributed by atoms with Gasteiger partial charge in [0.2, 0.25) is 11.7 Å². The second kappa shape index (κ2) is 6.03. The lowest BCUT2D eigenvalue weighted by atomic mass is 10.1. The van der Waals surface area contributed by atoms with Crippen molar-refractivity contribution in [3.05, 3.63) is 64.5 Å². The van der Waals surface area contributed by atoms with Gasteiger partial charge in [-0.25, -0.2) is 4.79 Å². The summed E-state index contributed by atoms with van der Waals surface area (Å²) < 4.78 is 10.8. The molecule has 0 spiro atoms. The van der Waals surface area contributed by atoms with E-state index in [0.717, 1.165) is 22.0 Å². The van der Waals surface area contributed by atoms with Crippen molar-refractivity contribution in [2.45, 2.75) is 13.2 Å². The average Bonchev–Trinajstić information content (AvgIpc) is 3.03. The molecular formula is C18H16N3O4+. The van der Waals surface area contributed by atoms with Crippen molar-refractivity contribution in [2.24, 2.45) is 0 Å². The number of benzene rings is 2. The summed E-state index contributed by atoms with van der Waals surface area (Å²) >= 11 is 0. The molecule has 2 aromatic heterocycles. The van der Waals surface area contributed by atoms with E-state index in [9.17, 15) is 9.90 Å². The molecule has 0 bridgehead atoms. The molecular weight excluding hydrogens is 322 g/mol. The molecule has 1 atom stereocenters. The third-order valence-electron chi connectivity index (χ3n) is 3.96. The Kier molecular flexibility index (Phi) is 3.70. The highest BCUT2D eigenvalue weighted by molar-refractivity contribution is 5.81. The van der Waals surface area contributed by atoms with E-state index in [2.05, 4.69) is 10.2 Å². The number of aromatic amines is 1. The van der Waals surface area contributed by atoms with E-state index in [4.69, 9.17) is 9.15 Å². The molecule has 126 valence electrons. The van der Waals surface area contributed by atoms with Gasteiger partial charge < -0.3 is 14.3 Å². The zero-order valence-electron chi connectivity index (χ0n) is 13.5. The number of aryl methyl sites for hydroxylation is 1. The van der Waals surface area contributed by atoms with Crippen LogP contribution in [0.3, 0.4) is 0 Å². The van der Waals surface area contributed by atoms with Crippen molar-refractivity contribution in [2.75, 3.05) is 6.61 Å². The summed E-state index contributed by atoms with van der Waals surface area (Å²) in [6, 6.07) is 14.2. The van der Waals surface area contributed by atoms with Crippen LogP contribution in [0, 0.1) is 6.92 Å². The molecule has 0 radical (unpaired) electrons. The van der Waals surface area contributed by atoms with E-state index < -0.39 is 11.9 Å². The third-order valence-corrected chi connectivity index (χ3v) is 3.96. The normalized spacial score (nSPS) is 12.6. The van der Waals surface area contributed by atoms with Gasteiger partial charge in [0.1, 0.15) is 17.9 Å². The maximum atomic E-state index is 11.5. The monoisotopic (exact) mass is 338 g/mol. The minimum Gasteiger partial charge on any atom is -0.488 e. The third kappa shape index (κ3) is 2.97. The van der Waals surface area contributed by atoms with Crippen LogP contribution in [0.1, 0.15) is 11.8 Å². The zero-order valence-corrected chi connectivity index (χ0v) is 13.5. The smallest absolute Gasteiger partial charge is 0.336 e. The number of nitrogens with one attached hydrogen (secondary N) is 1. The lowest BCUT2D eigenvalue weighted by molar-refractivity contribution is -0.490. The van der Waals surface area contributed by atoms with Gasteiger partial charge in [-0.05, 0) is 41.5 Å². The first kappa shape index (κ1) is 15.3. The molecule has 2 heterocycles. The summed E-state index contributed by atoms with van der Waals surface area (Å²) in [5, 5.41) is 18.4. The topological polar surface area (TPSA) is 91.6 Å². The van der Waals surface area contributed by atoms with Crippen molar-refractivity contribution in [3.63, 3.8) is 0 Å². The largest absolute Gasteiger partial charge is 0.488 e. The fraction of sp³-hybridized carbons (Fsp3) is 0.167. The van der Waals surface area contributed by atoms with Crippen LogP contribution < -0.4 is 15.5 Å². The Morgan fingerprint density at radius 1 is 1.28 bits per heavy atom. The van der Waals surface area contributed by atoms with Gasteiger partial charge in [0.05, 0.1) is 5.10 Å². The number of H-pyrrole nitrogens is 1. The van der Waals surface area contributed by atoms with E-state index in [-0.39, 0.29) is 6.61 Å². The molecule has 2 N–H and O–H groups in total. The van der Waals surface area contributed by atoms with Gasteiger partial charge in [-0.15, -0.1) is 0 Å². The lowest BCUT2D eigenvalue weighted by Crippen LogP contribution is -2.28. The summed E-state index contributed by atoms with van der Waals surface area (Å²) in [5.74, 6) is 0.497. The summed E-state index contributed by atoms with van der Waals surface area (Å²) in [7, 11) is 0. The molecule has 4 rings (SSSR count). The molecule has 0 saturated heterocycles. The molecule has 7 nitrogen and oxygen atoms in total. The van der Waals surface area contributed by atoms with Crippen LogP contribution in [0.4, 0.5) is 0 Å². The number of rotatable bonds is 4. The molecule has 4 aromatic rings. The zero-order chi connectivity index (χ0) is 17.4. The minimum atomic E-state index is -0.979. The quantitative estimate of drug-likeness (QED) is 0.573. The summed E-state index contributed by atoms with van der Waals surface area (Å²) in [4.78, 5) is 12.8. The first-order valence-electron chi connectivity index (χ1n) is 7.82. The first-order valence-corrected chi connectivity index (χ1v) is 7.82. The van der Waals surface area contributed by atoms with E-state index in [1.54, 1.807) is 12.1 Å².